The lowest BCUT2D eigenvalue weighted by Crippen LogP contribution is -2.41. The number of nitrogens with two attached hydrogens (primary N) is 2. The van der Waals surface area contributed by atoms with E-state index < -0.39 is 29.3 Å². The van der Waals surface area contributed by atoms with Crippen molar-refractivity contribution in [1.29, 1.82) is 5.41 Å². The van der Waals surface area contributed by atoms with Gasteiger partial charge in [-0.2, -0.15) is 0 Å². The Morgan fingerprint density at radius 2 is 1.75 bits per heavy atom. The van der Waals surface area contributed by atoms with Crippen molar-refractivity contribution >= 4 is 46.3 Å². The maximum absolute atomic E-state index is 12.7. The average Bonchev–Trinajstić information content (AvgIpc) is 3.40. The number of H-pyrrole nitrogens is 1. The minimum Gasteiger partial charge on any atom is -0.479 e. The first kappa shape index (κ1) is 24.1. The van der Waals surface area contributed by atoms with Crippen LogP contribution in [0.25, 0.3) is 10.9 Å². The lowest BCUT2D eigenvalue weighted by molar-refractivity contribution is -0.142. The number of aromatic amines is 1. The summed E-state index contributed by atoms with van der Waals surface area (Å²) in [4.78, 5) is 51.7. The van der Waals surface area contributed by atoms with Crippen LogP contribution in [0.1, 0.15) is 42.3 Å². The molecule has 2 heterocycles. The molecule has 13 nitrogen and oxygen atoms in total. The van der Waals surface area contributed by atoms with Crippen molar-refractivity contribution in [2.24, 2.45) is 11.5 Å². The number of rotatable bonds is 8. The zero-order chi connectivity index (χ0) is 26.2. The van der Waals surface area contributed by atoms with Crippen molar-refractivity contribution in [2.75, 3.05) is 18.4 Å². The van der Waals surface area contributed by atoms with E-state index in [-0.39, 0.29) is 53.2 Å². The molecule has 1 unspecified atom stereocenters. The monoisotopic (exact) mass is 493 g/mol. The highest BCUT2D eigenvalue weighted by Gasteiger charge is 2.46. The van der Waals surface area contributed by atoms with E-state index >= 15 is 0 Å². The van der Waals surface area contributed by atoms with Gasteiger partial charge in [0.1, 0.15) is 5.69 Å². The number of aromatic nitrogens is 1. The molecule has 186 valence electrons. The van der Waals surface area contributed by atoms with Crippen molar-refractivity contribution in [1.82, 2.24) is 15.6 Å². The van der Waals surface area contributed by atoms with Crippen LogP contribution in [0.2, 0.25) is 0 Å². The van der Waals surface area contributed by atoms with E-state index in [1.807, 2.05) is 0 Å². The number of hydrogen-bond acceptors (Lipinski definition) is 6. The summed E-state index contributed by atoms with van der Waals surface area (Å²) >= 11 is 0. The van der Waals surface area contributed by atoms with Gasteiger partial charge in [0, 0.05) is 36.1 Å². The molecule has 4 rings (SSSR count). The molecule has 0 radical (unpaired) electrons. The van der Waals surface area contributed by atoms with E-state index in [0.717, 1.165) is 0 Å². The SMILES string of the molecule is N=C(N)NCCNC(=O)c1[nH]c2ccc(C3(C(=O)O)Cc4cc(C(=O)O)ccc4N3)cc2c1C(N)=O. The van der Waals surface area contributed by atoms with Crippen LogP contribution in [0.4, 0.5) is 5.69 Å². The van der Waals surface area contributed by atoms with Gasteiger partial charge >= 0.3 is 11.9 Å². The average molecular weight is 493 g/mol. The molecule has 1 aliphatic heterocycles. The normalized spacial score (nSPS) is 16.1. The maximum Gasteiger partial charge on any atom is 0.335 e. The fourth-order valence-corrected chi connectivity index (χ4v) is 4.33. The molecule has 0 bridgehead atoms. The van der Waals surface area contributed by atoms with E-state index in [1.165, 1.54) is 24.3 Å². The van der Waals surface area contributed by atoms with E-state index in [1.54, 1.807) is 12.1 Å². The second kappa shape index (κ2) is 8.94. The Morgan fingerprint density at radius 3 is 2.39 bits per heavy atom. The third-order valence-electron chi connectivity index (χ3n) is 6.01. The van der Waals surface area contributed by atoms with E-state index in [2.05, 4.69) is 20.9 Å². The minimum atomic E-state index is -1.64. The van der Waals surface area contributed by atoms with Gasteiger partial charge in [0.15, 0.2) is 11.5 Å². The zero-order valence-electron chi connectivity index (χ0n) is 18.8. The summed E-state index contributed by atoms with van der Waals surface area (Å²) in [6.07, 6.45) is -0.0445. The van der Waals surface area contributed by atoms with Crippen LogP contribution in [0.15, 0.2) is 36.4 Å². The van der Waals surface area contributed by atoms with Crippen LogP contribution in [-0.2, 0) is 16.8 Å². The summed E-state index contributed by atoms with van der Waals surface area (Å²) < 4.78 is 0. The van der Waals surface area contributed by atoms with Crippen molar-refractivity contribution < 1.29 is 29.4 Å². The third kappa shape index (κ3) is 4.13. The molecule has 1 aromatic heterocycles. The van der Waals surface area contributed by atoms with Crippen LogP contribution in [0.5, 0.6) is 0 Å². The Bertz CT molecular complexity index is 1450. The molecule has 3 aromatic rings. The third-order valence-corrected chi connectivity index (χ3v) is 6.01. The number of aromatic carboxylic acids is 1. The molecule has 1 atom stereocenters. The molecule has 0 fully saturated rings. The number of carbonyl (C=O) groups excluding carboxylic acids is 2. The fraction of sp³-hybridized carbons (Fsp3) is 0.174. The summed E-state index contributed by atoms with van der Waals surface area (Å²) in [5.74, 6) is -4.10. The number of hydrogen-bond donors (Lipinski definition) is 9. The van der Waals surface area contributed by atoms with Crippen LogP contribution in [-0.4, -0.2) is 58.0 Å². The van der Waals surface area contributed by atoms with Crippen LogP contribution < -0.4 is 27.4 Å². The molecule has 2 amide bonds. The van der Waals surface area contributed by atoms with Crippen molar-refractivity contribution in [3.05, 3.63) is 64.3 Å². The van der Waals surface area contributed by atoms with Gasteiger partial charge in [0.25, 0.3) is 11.8 Å². The molecule has 13 heteroatoms. The molecule has 0 saturated heterocycles. The molecular formula is C23H23N7O6. The van der Waals surface area contributed by atoms with E-state index in [9.17, 15) is 29.4 Å². The predicted molar refractivity (Wildman–Crippen MR) is 129 cm³/mol. The predicted octanol–water partition coefficient (Wildman–Crippen LogP) is 0.126. The number of carboxylic acids is 2. The Balaban J connectivity index is 1.73. The zero-order valence-corrected chi connectivity index (χ0v) is 18.8. The molecule has 36 heavy (non-hydrogen) atoms. The number of carboxylic acid groups (broad SMARTS) is 2. The lowest BCUT2D eigenvalue weighted by atomic mass is 9.86. The first-order valence-electron chi connectivity index (χ1n) is 10.7. The first-order valence-corrected chi connectivity index (χ1v) is 10.7. The van der Waals surface area contributed by atoms with Gasteiger partial charge in [-0.3, -0.25) is 15.0 Å². The molecule has 0 aliphatic carbocycles. The second-order valence-corrected chi connectivity index (χ2v) is 8.29. The van der Waals surface area contributed by atoms with Crippen LogP contribution >= 0.6 is 0 Å². The smallest absolute Gasteiger partial charge is 0.335 e. The summed E-state index contributed by atoms with van der Waals surface area (Å²) in [6, 6.07) is 8.88. The Labute approximate surface area is 203 Å². The Kier molecular flexibility index (Phi) is 5.98. The lowest BCUT2D eigenvalue weighted by Gasteiger charge is -2.26. The largest absolute Gasteiger partial charge is 0.479 e. The highest BCUT2D eigenvalue weighted by atomic mass is 16.4. The number of guanidine groups is 1. The summed E-state index contributed by atoms with van der Waals surface area (Å²) in [5, 5.41) is 35.0. The van der Waals surface area contributed by atoms with Crippen LogP contribution in [0, 0.1) is 5.41 Å². The summed E-state index contributed by atoms with van der Waals surface area (Å²) in [5.41, 5.74) is 10.7. The van der Waals surface area contributed by atoms with Gasteiger partial charge in [0.2, 0.25) is 0 Å². The number of anilines is 1. The van der Waals surface area contributed by atoms with E-state index in [0.29, 0.717) is 16.8 Å². The summed E-state index contributed by atoms with van der Waals surface area (Å²) in [6.45, 7) is 0.300. The Morgan fingerprint density at radius 1 is 1.03 bits per heavy atom. The quantitative estimate of drug-likeness (QED) is 0.117. The highest BCUT2D eigenvalue weighted by molar-refractivity contribution is 6.15. The Hall–Kier alpha value is -5.07. The van der Waals surface area contributed by atoms with Crippen molar-refractivity contribution in [3.63, 3.8) is 0 Å². The molecule has 11 N–H and O–H groups in total. The number of aliphatic carboxylic acids is 1. The number of benzene rings is 2. The van der Waals surface area contributed by atoms with Gasteiger partial charge in [-0.15, -0.1) is 0 Å². The van der Waals surface area contributed by atoms with Crippen LogP contribution in [0.3, 0.4) is 0 Å². The number of primary amides is 1. The van der Waals surface area contributed by atoms with Gasteiger partial charge < -0.3 is 42.6 Å². The number of fused-ring (bicyclic) bond motifs is 2. The number of carbonyl (C=O) groups is 4. The number of nitrogens with one attached hydrogen (secondary N) is 5. The maximum atomic E-state index is 12.7. The van der Waals surface area contributed by atoms with Gasteiger partial charge in [-0.25, -0.2) is 9.59 Å². The number of amides is 2. The molecular weight excluding hydrogens is 470 g/mol. The molecule has 1 aliphatic rings. The second-order valence-electron chi connectivity index (χ2n) is 8.29. The van der Waals surface area contributed by atoms with Gasteiger partial charge in [-0.05, 0) is 41.5 Å². The van der Waals surface area contributed by atoms with Gasteiger partial charge in [-0.1, -0.05) is 6.07 Å². The molecule has 2 aromatic carbocycles. The fourth-order valence-electron chi connectivity index (χ4n) is 4.33. The molecule has 0 spiro atoms. The van der Waals surface area contributed by atoms with Crippen molar-refractivity contribution in [3.8, 4) is 0 Å². The van der Waals surface area contributed by atoms with Gasteiger partial charge in [0.05, 0.1) is 11.1 Å². The highest BCUT2D eigenvalue weighted by Crippen LogP contribution is 2.41. The van der Waals surface area contributed by atoms with E-state index in [4.69, 9.17) is 16.9 Å². The minimum absolute atomic E-state index is 0.0306. The first-order chi connectivity index (χ1) is 17.0. The van der Waals surface area contributed by atoms with Crippen molar-refractivity contribution in [2.45, 2.75) is 12.0 Å². The topological polar surface area (TPSA) is 237 Å². The molecule has 0 saturated carbocycles. The standard InChI is InChI=1S/C23H23N7O6/c24-18(31)16-13-8-12(2-4-15(13)29-17(16)19(32)27-5-6-28-22(25)26)23(21(35)36)9-11-7-10(20(33)34)1-3-14(11)30-23/h1-4,7-8,29-30H,5-6,9H2,(H2,24,31)(H,27,32)(H,33,34)(H,35,36)(H4,25,26,28). The summed E-state index contributed by atoms with van der Waals surface area (Å²) in [7, 11) is 0.